The Morgan fingerprint density at radius 3 is 1.85 bits per heavy atom. The highest BCUT2D eigenvalue weighted by atomic mass is 14.2. The van der Waals surface area contributed by atoms with Gasteiger partial charge in [-0.05, 0) is 53.6 Å². The molecule has 3 rings (SSSR count). The maximum atomic E-state index is 3.38. The summed E-state index contributed by atoms with van der Waals surface area (Å²) in [6, 6.07) is 23.8. The van der Waals surface area contributed by atoms with E-state index in [1.54, 1.807) is 0 Å². The fraction of sp³-hybridized carbons (Fsp3) is 0.231. The lowest BCUT2D eigenvalue weighted by atomic mass is 9.83. The Morgan fingerprint density at radius 1 is 0.769 bits per heavy atom. The Kier molecular flexibility index (Phi) is 5.92. The lowest BCUT2D eigenvalue weighted by molar-refractivity contribution is 0.919. The van der Waals surface area contributed by atoms with Gasteiger partial charge in [-0.3, -0.25) is 0 Å². The minimum Gasteiger partial charge on any atom is -0.101 e. The molecule has 0 atom stereocenters. The van der Waals surface area contributed by atoms with Crippen LogP contribution in [0, 0.1) is 11.8 Å². The molecule has 0 fully saturated rings. The van der Waals surface area contributed by atoms with Gasteiger partial charge in [0.25, 0.3) is 0 Å². The zero-order chi connectivity index (χ0) is 18.4. The molecule has 3 aromatic carbocycles. The van der Waals surface area contributed by atoms with Gasteiger partial charge < -0.3 is 0 Å². The van der Waals surface area contributed by atoms with Crippen LogP contribution >= 0.6 is 0 Å². The number of benzene rings is 3. The Bertz CT molecular complexity index is 923. The summed E-state index contributed by atoms with van der Waals surface area (Å²) in [5, 5.41) is 0. The molecule has 0 heterocycles. The molecule has 3 aromatic rings. The SMILES string of the molecule is CC#Cc1cc(CCC)c(-c2ccccc2)c(CC)c1-c1ccccc1. The van der Waals surface area contributed by atoms with Crippen LogP contribution in [0.3, 0.4) is 0 Å². The van der Waals surface area contributed by atoms with Gasteiger partial charge in [0.05, 0.1) is 0 Å². The summed E-state index contributed by atoms with van der Waals surface area (Å²) in [7, 11) is 0. The van der Waals surface area contributed by atoms with Crippen molar-refractivity contribution in [1.82, 2.24) is 0 Å². The van der Waals surface area contributed by atoms with E-state index in [1.165, 1.54) is 33.4 Å². The fourth-order valence-electron chi connectivity index (χ4n) is 3.75. The van der Waals surface area contributed by atoms with Gasteiger partial charge in [-0.15, -0.1) is 5.92 Å². The minimum absolute atomic E-state index is 0.990. The topological polar surface area (TPSA) is 0 Å². The van der Waals surface area contributed by atoms with Crippen molar-refractivity contribution in [2.45, 2.75) is 40.0 Å². The van der Waals surface area contributed by atoms with E-state index in [-0.39, 0.29) is 0 Å². The molecule has 0 spiro atoms. The van der Waals surface area contributed by atoms with E-state index >= 15 is 0 Å². The lowest BCUT2D eigenvalue weighted by Gasteiger charge is -2.21. The average molecular weight is 338 g/mol. The van der Waals surface area contributed by atoms with Crippen LogP contribution in [0.25, 0.3) is 22.3 Å². The average Bonchev–Trinajstić information content (AvgIpc) is 2.69. The van der Waals surface area contributed by atoms with Crippen molar-refractivity contribution < 1.29 is 0 Å². The summed E-state index contributed by atoms with van der Waals surface area (Å²) in [5.74, 6) is 6.50. The van der Waals surface area contributed by atoms with Crippen molar-refractivity contribution in [3.05, 3.63) is 83.4 Å². The third-order valence-electron chi connectivity index (χ3n) is 4.77. The van der Waals surface area contributed by atoms with Crippen LogP contribution in [0.5, 0.6) is 0 Å². The molecule has 0 aliphatic rings. The molecule has 0 unspecified atom stereocenters. The predicted molar refractivity (Wildman–Crippen MR) is 113 cm³/mol. The monoisotopic (exact) mass is 338 g/mol. The van der Waals surface area contributed by atoms with Crippen LogP contribution in [-0.4, -0.2) is 0 Å². The van der Waals surface area contributed by atoms with Gasteiger partial charge in [0, 0.05) is 11.1 Å². The molecule has 0 aliphatic heterocycles. The Morgan fingerprint density at radius 2 is 1.35 bits per heavy atom. The van der Waals surface area contributed by atoms with Crippen LogP contribution in [0.4, 0.5) is 0 Å². The van der Waals surface area contributed by atoms with Gasteiger partial charge in [0.1, 0.15) is 0 Å². The van der Waals surface area contributed by atoms with E-state index in [1.807, 2.05) is 6.92 Å². The van der Waals surface area contributed by atoms with Crippen molar-refractivity contribution in [1.29, 1.82) is 0 Å². The smallest absolute Gasteiger partial charge is 0.0329 e. The van der Waals surface area contributed by atoms with Gasteiger partial charge in [0.2, 0.25) is 0 Å². The van der Waals surface area contributed by atoms with E-state index in [9.17, 15) is 0 Å². The number of aryl methyl sites for hydroxylation is 1. The first-order valence-electron chi connectivity index (χ1n) is 9.52. The Balaban J connectivity index is 2.40. The van der Waals surface area contributed by atoms with E-state index < -0.39 is 0 Å². The molecule has 0 nitrogen and oxygen atoms in total. The quantitative estimate of drug-likeness (QED) is 0.443. The van der Waals surface area contributed by atoms with Crippen molar-refractivity contribution in [3.63, 3.8) is 0 Å². The van der Waals surface area contributed by atoms with Crippen molar-refractivity contribution in [2.24, 2.45) is 0 Å². The first kappa shape index (κ1) is 18.0. The number of hydrogen-bond acceptors (Lipinski definition) is 0. The molecule has 0 amide bonds. The molecule has 0 N–H and O–H groups in total. The normalized spacial score (nSPS) is 10.3. The lowest BCUT2D eigenvalue weighted by Crippen LogP contribution is -2.02. The minimum atomic E-state index is 0.990. The first-order chi connectivity index (χ1) is 12.8. The van der Waals surface area contributed by atoms with Crippen LogP contribution < -0.4 is 0 Å². The maximum Gasteiger partial charge on any atom is 0.0329 e. The van der Waals surface area contributed by atoms with Gasteiger partial charge in [-0.2, -0.15) is 0 Å². The van der Waals surface area contributed by atoms with E-state index in [0.29, 0.717) is 0 Å². The van der Waals surface area contributed by atoms with Crippen LogP contribution in [0.2, 0.25) is 0 Å². The van der Waals surface area contributed by atoms with Crippen molar-refractivity contribution in [3.8, 4) is 34.1 Å². The van der Waals surface area contributed by atoms with E-state index in [2.05, 4.69) is 92.4 Å². The summed E-state index contributed by atoms with van der Waals surface area (Å²) in [5.41, 5.74) is 9.22. The van der Waals surface area contributed by atoms with Gasteiger partial charge in [0.15, 0.2) is 0 Å². The Hall–Kier alpha value is -2.78. The molecule has 0 aromatic heterocycles. The third kappa shape index (κ3) is 3.58. The molecule has 0 saturated heterocycles. The molecular weight excluding hydrogens is 312 g/mol. The number of rotatable bonds is 5. The predicted octanol–water partition coefficient (Wildman–Crippen LogP) is 6.91. The van der Waals surface area contributed by atoms with E-state index in [4.69, 9.17) is 0 Å². The van der Waals surface area contributed by atoms with Gasteiger partial charge in [-0.1, -0.05) is 86.9 Å². The second-order valence-corrected chi connectivity index (χ2v) is 6.52. The molecule has 130 valence electrons. The zero-order valence-electron chi connectivity index (χ0n) is 16.0. The highest BCUT2D eigenvalue weighted by Crippen LogP contribution is 2.38. The highest BCUT2D eigenvalue weighted by Gasteiger charge is 2.18. The first-order valence-corrected chi connectivity index (χ1v) is 9.52. The molecule has 0 aliphatic carbocycles. The van der Waals surface area contributed by atoms with Gasteiger partial charge in [-0.25, -0.2) is 0 Å². The standard InChI is InChI=1S/C26H26/c1-4-13-22-19-23(14-5-2)26(21-17-11-8-12-18-21)24(6-3)25(22)20-15-9-7-10-16-20/h7-12,15-19H,4,6,13H2,1-3H3. The Labute approximate surface area is 157 Å². The molecule has 0 heteroatoms. The van der Waals surface area contributed by atoms with Crippen molar-refractivity contribution >= 4 is 0 Å². The highest BCUT2D eigenvalue weighted by molar-refractivity contribution is 5.85. The largest absolute Gasteiger partial charge is 0.101 e. The molecular formula is C26H26. The molecule has 0 bridgehead atoms. The second-order valence-electron chi connectivity index (χ2n) is 6.52. The fourth-order valence-corrected chi connectivity index (χ4v) is 3.75. The molecule has 0 saturated carbocycles. The summed E-state index contributed by atoms with van der Waals surface area (Å²) < 4.78 is 0. The molecule has 0 radical (unpaired) electrons. The third-order valence-corrected chi connectivity index (χ3v) is 4.77. The van der Waals surface area contributed by atoms with Crippen LogP contribution in [0.1, 0.15) is 43.9 Å². The summed E-state index contributed by atoms with van der Waals surface area (Å²) in [4.78, 5) is 0. The summed E-state index contributed by atoms with van der Waals surface area (Å²) in [6.45, 7) is 6.43. The van der Waals surface area contributed by atoms with E-state index in [0.717, 1.165) is 24.8 Å². The summed E-state index contributed by atoms with van der Waals surface area (Å²) >= 11 is 0. The number of hydrogen-bond donors (Lipinski definition) is 0. The summed E-state index contributed by atoms with van der Waals surface area (Å²) in [6.07, 6.45) is 3.20. The van der Waals surface area contributed by atoms with Crippen LogP contribution in [-0.2, 0) is 12.8 Å². The second kappa shape index (κ2) is 8.54. The van der Waals surface area contributed by atoms with Crippen LogP contribution in [0.15, 0.2) is 66.7 Å². The zero-order valence-corrected chi connectivity index (χ0v) is 16.0. The van der Waals surface area contributed by atoms with Gasteiger partial charge >= 0.3 is 0 Å². The van der Waals surface area contributed by atoms with Crippen molar-refractivity contribution in [2.75, 3.05) is 0 Å². The molecule has 26 heavy (non-hydrogen) atoms. The maximum absolute atomic E-state index is 3.38.